The van der Waals surface area contributed by atoms with Gasteiger partial charge in [0.15, 0.2) is 0 Å². The van der Waals surface area contributed by atoms with Gasteiger partial charge >= 0.3 is 6.09 Å². The second-order valence-corrected chi connectivity index (χ2v) is 6.88. The molecule has 0 aromatic rings. The number of nitrogens with one attached hydrogen (secondary N) is 1. The highest BCUT2D eigenvalue weighted by molar-refractivity contribution is 5.68. The van der Waals surface area contributed by atoms with E-state index in [1.54, 1.807) is 11.2 Å². The van der Waals surface area contributed by atoms with Gasteiger partial charge in [-0.3, -0.25) is 0 Å². The zero-order valence-corrected chi connectivity index (χ0v) is 13.9. The molecule has 1 amide bonds. The molecule has 0 bridgehead atoms. The second kappa shape index (κ2) is 7.68. The molecule has 5 heteroatoms. The Kier molecular flexibility index (Phi) is 5.89. The topological polar surface area (TPSA) is 50.8 Å². The minimum absolute atomic E-state index is 0.224. The summed E-state index contributed by atoms with van der Waals surface area (Å²) in [5.74, 6) is 0. The summed E-state index contributed by atoms with van der Waals surface area (Å²) in [6.45, 7) is 8.77. The van der Waals surface area contributed by atoms with Crippen molar-refractivity contribution in [3.8, 4) is 0 Å². The smallest absolute Gasteiger partial charge is 0.410 e. The lowest BCUT2D eigenvalue weighted by Gasteiger charge is -2.29. The normalized spacial score (nSPS) is 22.0. The third kappa shape index (κ3) is 5.72. The molecule has 1 unspecified atom stereocenters. The molecule has 0 aliphatic carbocycles. The van der Waals surface area contributed by atoms with Gasteiger partial charge in [-0.05, 0) is 46.1 Å². The van der Waals surface area contributed by atoms with Crippen molar-refractivity contribution in [3.63, 3.8) is 0 Å². The minimum atomic E-state index is -0.433. The number of ether oxygens (including phenoxy) is 2. The first-order valence-corrected chi connectivity index (χ1v) is 8.11. The van der Waals surface area contributed by atoms with Gasteiger partial charge in [0.2, 0.25) is 0 Å². The molecule has 0 radical (unpaired) electrons. The summed E-state index contributed by atoms with van der Waals surface area (Å²) in [7, 11) is 0. The lowest BCUT2D eigenvalue weighted by atomic mass is 10.1. The summed E-state index contributed by atoms with van der Waals surface area (Å²) < 4.78 is 10.9. The van der Waals surface area contributed by atoms with Gasteiger partial charge in [0.25, 0.3) is 0 Å². The van der Waals surface area contributed by atoms with E-state index in [1.165, 1.54) is 5.57 Å². The molecule has 0 spiro atoms. The van der Waals surface area contributed by atoms with Crippen molar-refractivity contribution in [3.05, 3.63) is 24.0 Å². The van der Waals surface area contributed by atoms with Gasteiger partial charge in [-0.1, -0.05) is 11.6 Å². The van der Waals surface area contributed by atoms with Gasteiger partial charge in [-0.25, -0.2) is 4.79 Å². The molecule has 0 aromatic heterocycles. The fraction of sp³-hybridized carbons (Fsp3) is 0.706. The fourth-order valence-corrected chi connectivity index (χ4v) is 2.49. The summed E-state index contributed by atoms with van der Waals surface area (Å²) >= 11 is 0. The van der Waals surface area contributed by atoms with Crippen LogP contribution < -0.4 is 5.32 Å². The van der Waals surface area contributed by atoms with Crippen LogP contribution in [0.15, 0.2) is 24.0 Å². The molecule has 2 aliphatic heterocycles. The molecule has 2 rings (SSSR count). The van der Waals surface area contributed by atoms with E-state index in [0.717, 1.165) is 38.9 Å². The van der Waals surface area contributed by atoms with Crippen LogP contribution in [0.5, 0.6) is 0 Å². The molecular formula is C17H28N2O3. The first kappa shape index (κ1) is 16.9. The van der Waals surface area contributed by atoms with Crippen LogP contribution in [0, 0.1) is 0 Å². The van der Waals surface area contributed by atoms with Crippen LogP contribution in [-0.4, -0.2) is 48.9 Å². The Bertz CT molecular complexity index is 438. The maximum absolute atomic E-state index is 12.0. The van der Waals surface area contributed by atoms with Gasteiger partial charge in [0.05, 0.1) is 6.26 Å². The lowest BCUT2D eigenvalue weighted by molar-refractivity contribution is 0.0265. The number of allylic oxidation sites excluding steroid dienone is 1. The van der Waals surface area contributed by atoms with Crippen LogP contribution in [0.2, 0.25) is 0 Å². The lowest BCUT2D eigenvalue weighted by Crippen LogP contribution is -2.40. The van der Waals surface area contributed by atoms with Crippen LogP contribution in [0.4, 0.5) is 4.79 Å². The predicted molar refractivity (Wildman–Crippen MR) is 86.6 cm³/mol. The molecule has 124 valence electrons. The van der Waals surface area contributed by atoms with Gasteiger partial charge in [-0.2, -0.15) is 0 Å². The number of nitrogens with zero attached hydrogens (tertiary/aromatic N) is 1. The molecule has 0 saturated carbocycles. The van der Waals surface area contributed by atoms with E-state index < -0.39 is 5.60 Å². The molecule has 0 fully saturated rings. The Morgan fingerprint density at radius 2 is 2.32 bits per heavy atom. The molecule has 0 aromatic carbocycles. The van der Waals surface area contributed by atoms with Gasteiger partial charge in [-0.15, -0.1) is 0 Å². The van der Waals surface area contributed by atoms with E-state index in [0.29, 0.717) is 6.54 Å². The third-order valence-electron chi connectivity index (χ3n) is 3.70. The third-order valence-corrected chi connectivity index (χ3v) is 3.70. The number of hydrogen-bond acceptors (Lipinski definition) is 4. The maximum Gasteiger partial charge on any atom is 0.410 e. The van der Waals surface area contributed by atoms with Crippen molar-refractivity contribution in [2.75, 3.05) is 26.2 Å². The number of rotatable bonds is 4. The summed E-state index contributed by atoms with van der Waals surface area (Å²) in [5, 5.41) is 3.45. The Morgan fingerprint density at radius 3 is 2.91 bits per heavy atom. The first-order chi connectivity index (χ1) is 10.4. The van der Waals surface area contributed by atoms with E-state index in [2.05, 4.69) is 17.5 Å². The van der Waals surface area contributed by atoms with Gasteiger partial charge in [0, 0.05) is 26.2 Å². The summed E-state index contributed by atoms with van der Waals surface area (Å²) in [5.41, 5.74) is 0.919. The van der Waals surface area contributed by atoms with Crippen LogP contribution in [0.3, 0.4) is 0 Å². The quantitative estimate of drug-likeness (QED) is 0.811. The zero-order chi connectivity index (χ0) is 16.0. The number of hydrogen-bond donors (Lipinski definition) is 1. The number of carbonyl (C=O) groups excluding carboxylic acids is 1. The highest BCUT2D eigenvalue weighted by Crippen LogP contribution is 2.15. The van der Waals surface area contributed by atoms with E-state index in [-0.39, 0.29) is 12.2 Å². The average Bonchev–Trinajstić information content (AvgIpc) is 2.47. The van der Waals surface area contributed by atoms with Crippen molar-refractivity contribution in [2.45, 2.75) is 51.7 Å². The van der Waals surface area contributed by atoms with Crippen molar-refractivity contribution in [2.24, 2.45) is 0 Å². The van der Waals surface area contributed by atoms with Crippen LogP contribution in [0.1, 0.15) is 40.0 Å². The van der Waals surface area contributed by atoms with E-state index in [1.807, 2.05) is 20.8 Å². The van der Waals surface area contributed by atoms with Crippen molar-refractivity contribution >= 4 is 6.09 Å². The minimum Gasteiger partial charge on any atom is -0.497 e. The van der Waals surface area contributed by atoms with E-state index >= 15 is 0 Å². The first-order valence-electron chi connectivity index (χ1n) is 8.11. The Labute approximate surface area is 133 Å². The largest absolute Gasteiger partial charge is 0.497 e. The summed E-state index contributed by atoms with van der Waals surface area (Å²) in [6.07, 6.45) is 9.12. The fourth-order valence-electron chi connectivity index (χ4n) is 2.49. The molecule has 2 aliphatic rings. The van der Waals surface area contributed by atoms with E-state index in [9.17, 15) is 4.79 Å². The summed E-state index contributed by atoms with van der Waals surface area (Å²) in [6, 6.07) is 0. The second-order valence-electron chi connectivity index (χ2n) is 6.88. The van der Waals surface area contributed by atoms with Crippen LogP contribution in [0.25, 0.3) is 0 Å². The van der Waals surface area contributed by atoms with Crippen LogP contribution >= 0.6 is 0 Å². The highest BCUT2D eigenvalue weighted by Gasteiger charge is 2.23. The average molecular weight is 308 g/mol. The summed E-state index contributed by atoms with van der Waals surface area (Å²) in [4.78, 5) is 13.7. The SMILES string of the molecule is CC(C)(C)OC(=O)N1CC=C(CNCC2CCC=CO2)CC1. The molecule has 22 heavy (non-hydrogen) atoms. The zero-order valence-electron chi connectivity index (χ0n) is 13.9. The van der Waals surface area contributed by atoms with E-state index in [4.69, 9.17) is 9.47 Å². The predicted octanol–water partition coefficient (Wildman–Crippen LogP) is 2.84. The monoisotopic (exact) mass is 308 g/mol. The molecule has 0 saturated heterocycles. The molecule has 2 heterocycles. The highest BCUT2D eigenvalue weighted by atomic mass is 16.6. The van der Waals surface area contributed by atoms with Crippen molar-refractivity contribution < 1.29 is 14.3 Å². The Hall–Kier alpha value is -1.49. The van der Waals surface area contributed by atoms with Crippen molar-refractivity contribution in [1.82, 2.24) is 10.2 Å². The van der Waals surface area contributed by atoms with Crippen LogP contribution in [-0.2, 0) is 9.47 Å². The Balaban J connectivity index is 1.68. The number of amides is 1. The van der Waals surface area contributed by atoms with Gasteiger partial charge in [0.1, 0.15) is 11.7 Å². The van der Waals surface area contributed by atoms with Gasteiger partial charge < -0.3 is 19.7 Å². The molecule has 5 nitrogen and oxygen atoms in total. The Morgan fingerprint density at radius 1 is 1.50 bits per heavy atom. The maximum atomic E-state index is 12.0. The number of carbonyl (C=O) groups is 1. The molecular weight excluding hydrogens is 280 g/mol. The standard InChI is InChI=1S/C17H28N2O3/c1-17(2,3)22-16(20)19-9-7-14(8-10-19)12-18-13-15-6-4-5-11-21-15/h5,7,11,15,18H,4,6,8-10,12-13H2,1-3H3. The molecule has 1 atom stereocenters. The van der Waals surface area contributed by atoms with Crippen molar-refractivity contribution in [1.29, 1.82) is 0 Å². The molecule has 1 N–H and O–H groups in total.